The van der Waals surface area contributed by atoms with E-state index in [2.05, 4.69) is 34.4 Å². The monoisotopic (exact) mass is 396 g/mol. The lowest BCUT2D eigenvalue weighted by Gasteiger charge is -2.21. The number of likely N-dealkylation sites (N-methyl/N-ethyl adjacent to an activating group) is 1. The summed E-state index contributed by atoms with van der Waals surface area (Å²) in [5, 5.41) is 5.60. The fraction of sp³-hybridized carbons (Fsp3) is 0.909. The maximum Gasteiger partial charge on any atom is 0.390 e. The molecular weight excluding hydrogens is 372 g/mol. The molecular formula is C11H24F3IN4. The van der Waals surface area contributed by atoms with E-state index >= 15 is 0 Å². The van der Waals surface area contributed by atoms with Crippen LogP contribution in [0.25, 0.3) is 0 Å². The Kier molecular flexibility index (Phi) is 11.7. The number of nitrogens with one attached hydrogen (secondary N) is 2. The van der Waals surface area contributed by atoms with Crippen molar-refractivity contribution in [2.24, 2.45) is 4.99 Å². The van der Waals surface area contributed by atoms with E-state index in [0.29, 0.717) is 18.5 Å². The summed E-state index contributed by atoms with van der Waals surface area (Å²) in [6.07, 6.45) is -5.00. The molecule has 0 spiro atoms. The maximum atomic E-state index is 11.9. The molecule has 0 bridgehead atoms. The fourth-order valence-corrected chi connectivity index (χ4v) is 1.15. The smallest absolute Gasteiger partial charge is 0.356 e. The van der Waals surface area contributed by atoms with Crippen LogP contribution in [0.3, 0.4) is 0 Å². The van der Waals surface area contributed by atoms with E-state index < -0.39 is 12.6 Å². The first-order valence-corrected chi connectivity index (χ1v) is 5.97. The number of aliphatic imine (C=N–C) groups is 1. The Morgan fingerprint density at radius 3 is 2.16 bits per heavy atom. The molecule has 8 heteroatoms. The molecule has 0 aliphatic carbocycles. The van der Waals surface area contributed by atoms with Crippen molar-refractivity contribution < 1.29 is 13.2 Å². The lowest BCUT2D eigenvalue weighted by molar-refractivity contribution is -0.132. The molecule has 0 aromatic rings. The van der Waals surface area contributed by atoms with Gasteiger partial charge in [-0.2, -0.15) is 13.2 Å². The molecule has 0 aliphatic heterocycles. The van der Waals surface area contributed by atoms with Crippen molar-refractivity contribution in [3.05, 3.63) is 0 Å². The van der Waals surface area contributed by atoms with Gasteiger partial charge in [0, 0.05) is 32.7 Å². The van der Waals surface area contributed by atoms with Crippen LogP contribution in [0.15, 0.2) is 4.99 Å². The SMILES string of the molecule is CN=C(NCCN(C)C(C)C)NCCC(F)(F)F.I. The van der Waals surface area contributed by atoms with Gasteiger partial charge in [-0.3, -0.25) is 4.99 Å². The van der Waals surface area contributed by atoms with Crippen molar-refractivity contribution in [2.45, 2.75) is 32.5 Å². The topological polar surface area (TPSA) is 39.7 Å². The van der Waals surface area contributed by atoms with Gasteiger partial charge in [0.25, 0.3) is 0 Å². The average Bonchev–Trinajstić information content (AvgIpc) is 2.24. The van der Waals surface area contributed by atoms with Crippen molar-refractivity contribution in [3.8, 4) is 0 Å². The third-order valence-electron chi connectivity index (χ3n) is 2.56. The second-order valence-corrected chi connectivity index (χ2v) is 4.37. The minimum absolute atomic E-state index is 0. The Balaban J connectivity index is 0. The molecule has 0 aromatic carbocycles. The zero-order valence-corrected chi connectivity index (χ0v) is 14.2. The Hall–Kier alpha value is -0.250. The molecule has 116 valence electrons. The lowest BCUT2D eigenvalue weighted by Crippen LogP contribution is -2.42. The van der Waals surface area contributed by atoms with Crippen molar-refractivity contribution in [2.75, 3.05) is 33.7 Å². The van der Waals surface area contributed by atoms with Crippen LogP contribution in [-0.4, -0.2) is 56.8 Å². The first kappa shape index (κ1) is 21.1. The summed E-state index contributed by atoms with van der Waals surface area (Å²) in [6.45, 7) is 5.44. The van der Waals surface area contributed by atoms with Crippen LogP contribution in [0, 0.1) is 0 Å². The Bertz CT molecular complexity index is 257. The molecule has 0 rings (SSSR count). The van der Waals surface area contributed by atoms with Gasteiger partial charge in [0.15, 0.2) is 5.96 Å². The van der Waals surface area contributed by atoms with E-state index in [1.165, 1.54) is 7.05 Å². The molecule has 0 aliphatic rings. The Morgan fingerprint density at radius 1 is 1.21 bits per heavy atom. The zero-order valence-electron chi connectivity index (χ0n) is 11.8. The summed E-state index contributed by atoms with van der Waals surface area (Å²) in [4.78, 5) is 5.99. The van der Waals surface area contributed by atoms with Gasteiger partial charge >= 0.3 is 6.18 Å². The molecule has 0 heterocycles. The molecule has 0 saturated carbocycles. The molecule has 19 heavy (non-hydrogen) atoms. The quantitative estimate of drug-likeness (QED) is 0.410. The van der Waals surface area contributed by atoms with E-state index in [-0.39, 0.29) is 30.5 Å². The summed E-state index contributed by atoms with van der Waals surface area (Å²) in [6, 6.07) is 0.437. The number of hydrogen-bond acceptors (Lipinski definition) is 2. The van der Waals surface area contributed by atoms with Crippen molar-refractivity contribution in [1.82, 2.24) is 15.5 Å². The Morgan fingerprint density at radius 2 is 1.74 bits per heavy atom. The predicted molar refractivity (Wildman–Crippen MR) is 83.2 cm³/mol. The molecule has 0 atom stereocenters. The van der Waals surface area contributed by atoms with Crippen molar-refractivity contribution >= 4 is 29.9 Å². The molecule has 0 amide bonds. The minimum atomic E-state index is -4.14. The molecule has 0 radical (unpaired) electrons. The predicted octanol–water partition coefficient (Wildman–Crippen LogP) is 2.06. The summed E-state index contributed by atoms with van der Waals surface area (Å²) in [7, 11) is 3.53. The third kappa shape index (κ3) is 12.5. The Labute approximate surface area is 130 Å². The van der Waals surface area contributed by atoms with Gasteiger partial charge < -0.3 is 15.5 Å². The summed E-state index contributed by atoms with van der Waals surface area (Å²) >= 11 is 0. The van der Waals surface area contributed by atoms with E-state index in [0.717, 1.165) is 6.54 Å². The zero-order chi connectivity index (χ0) is 14.2. The normalized spacial score (nSPS) is 12.6. The number of rotatable bonds is 6. The molecule has 4 nitrogen and oxygen atoms in total. The maximum absolute atomic E-state index is 11.9. The van der Waals surface area contributed by atoms with E-state index in [1.807, 2.05) is 7.05 Å². The van der Waals surface area contributed by atoms with E-state index in [9.17, 15) is 13.2 Å². The second-order valence-electron chi connectivity index (χ2n) is 4.37. The van der Waals surface area contributed by atoms with Gasteiger partial charge in [0.2, 0.25) is 0 Å². The molecule has 0 fully saturated rings. The summed E-state index contributed by atoms with van der Waals surface area (Å²) in [5.41, 5.74) is 0. The van der Waals surface area contributed by atoms with Crippen molar-refractivity contribution in [1.29, 1.82) is 0 Å². The van der Waals surface area contributed by atoms with E-state index in [4.69, 9.17) is 0 Å². The molecule has 0 unspecified atom stereocenters. The number of alkyl halides is 3. The first-order chi connectivity index (χ1) is 8.26. The number of guanidine groups is 1. The van der Waals surface area contributed by atoms with Crippen LogP contribution >= 0.6 is 24.0 Å². The van der Waals surface area contributed by atoms with Gasteiger partial charge in [-0.25, -0.2) is 0 Å². The van der Waals surface area contributed by atoms with Crippen LogP contribution in [-0.2, 0) is 0 Å². The van der Waals surface area contributed by atoms with Crippen LogP contribution < -0.4 is 10.6 Å². The second kappa shape index (κ2) is 10.5. The fourth-order valence-electron chi connectivity index (χ4n) is 1.15. The van der Waals surface area contributed by atoms with Crippen LogP contribution in [0.5, 0.6) is 0 Å². The van der Waals surface area contributed by atoms with Gasteiger partial charge in [-0.1, -0.05) is 0 Å². The van der Waals surface area contributed by atoms with Gasteiger partial charge in [0.05, 0.1) is 6.42 Å². The molecule has 0 aromatic heterocycles. The third-order valence-corrected chi connectivity index (χ3v) is 2.56. The van der Waals surface area contributed by atoms with Gasteiger partial charge in [-0.05, 0) is 20.9 Å². The highest BCUT2D eigenvalue weighted by Gasteiger charge is 2.26. The van der Waals surface area contributed by atoms with Crippen molar-refractivity contribution in [3.63, 3.8) is 0 Å². The van der Waals surface area contributed by atoms with Gasteiger partial charge in [-0.15, -0.1) is 24.0 Å². The number of nitrogens with zero attached hydrogens (tertiary/aromatic N) is 2. The lowest BCUT2D eigenvalue weighted by atomic mass is 10.3. The summed E-state index contributed by atoms with van der Waals surface area (Å²) < 4.78 is 35.8. The highest BCUT2D eigenvalue weighted by atomic mass is 127. The minimum Gasteiger partial charge on any atom is -0.356 e. The highest BCUT2D eigenvalue weighted by molar-refractivity contribution is 14.0. The number of halogens is 4. The van der Waals surface area contributed by atoms with Crippen LogP contribution in [0.2, 0.25) is 0 Å². The van der Waals surface area contributed by atoms with Crippen LogP contribution in [0.1, 0.15) is 20.3 Å². The highest BCUT2D eigenvalue weighted by Crippen LogP contribution is 2.17. The van der Waals surface area contributed by atoms with Gasteiger partial charge in [0.1, 0.15) is 0 Å². The summed E-state index contributed by atoms with van der Waals surface area (Å²) in [5.74, 6) is 0.399. The average molecular weight is 396 g/mol. The first-order valence-electron chi connectivity index (χ1n) is 5.97. The standard InChI is InChI=1S/C11H23F3N4.HI/c1-9(2)18(4)8-7-17-10(15-3)16-6-5-11(12,13)14;/h9H,5-8H2,1-4H3,(H2,15,16,17);1H. The van der Waals surface area contributed by atoms with E-state index in [1.54, 1.807) is 0 Å². The number of hydrogen-bond donors (Lipinski definition) is 2. The molecule has 2 N–H and O–H groups in total. The molecule has 0 saturated heterocycles. The largest absolute Gasteiger partial charge is 0.390 e. The van der Waals surface area contributed by atoms with Crippen LogP contribution in [0.4, 0.5) is 13.2 Å².